The van der Waals surface area contributed by atoms with Crippen molar-refractivity contribution in [2.45, 2.75) is 50.8 Å². The molecule has 2 N–H and O–H groups in total. The van der Waals surface area contributed by atoms with Crippen molar-refractivity contribution in [2.75, 3.05) is 12.7 Å². The van der Waals surface area contributed by atoms with Crippen LogP contribution in [-0.2, 0) is 29.8 Å². The van der Waals surface area contributed by atoms with Crippen molar-refractivity contribution in [2.24, 2.45) is 0 Å². The average Bonchev–Trinajstić information content (AvgIpc) is 3.35. The largest absolute Gasteiger partial charge is 0.392 e. The maximum atomic E-state index is 12.7. The van der Waals surface area contributed by atoms with Crippen LogP contribution in [0.25, 0.3) is 0 Å². The van der Waals surface area contributed by atoms with Crippen molar-refractivity contribution in [1.82, 2.24) is 10.6 Å². The summed E-state index contributed by atoms with van der Waals surface area (Å²) in [5, 5.41) is 5.98. The molecular formula is C25H31N2O6P. The smallest absolute Gasteiger partial charge is 0.330 e. The second-order valence-electron chi connectivity index (χ2n) is 8.38. The third-order valence-electron chi connectivity index (χ3n) is 5.49. The molecule has 3 unspecified atom stereocenters. The molecule has 1 fully saturated rings. The van der Waals surface area contributed by atoms with Gasteiger partial charge in [0.05, 0.1) is 6.10 Å². The normalized spacial score (nSPS) is 18.0. The summed E-state index contributed by atoms with van der Waals surface area (Å²) < 4.78 is 22.7. The highest BCUT2D eigenvalue weighted by Gasteiger charge is 2.27. The zero-order valence-corrected chi connectivity index (χ0v) is 20.2. The molecule has 0 aliphatic carbocycles. The van der Waals surface area contributed by atoms with Crippen LogP contribution < -0.4 is 10.6 Å². The summed E-state index contributed by atoms with van der Waals surface area (Å²) in [6.07, 6.45) is 1.47. The molecule has 182 valence electrons. The molecule has 4 atom stereocenters. The summed E-state index contributed by atoms with van der Waals surface area (Å²) in [6, 6.07) is 17.9. The topological polar surface area (TPSA) is 111 Å². The van der Waals surface area contributed by atoms with E-state index in [1.165, 1.54) is 0 Å². The molecule has 9 heteroatoms. The molecule has 0 radical (unpaired) electrons. The summed E-state index contributed by atoms with van der Waals surface area (Å²) in [5.74, 6) is -1.70. The van der Waals surface area contributed by atoms with E-state index in [0.717, 1.165) is 12.0 Å². The Hall–Kier alpha value is -2.80. The Morgan fingerprint density at radius 3 is 2.41 bits per heavy atom. The number of carbonyl (C=O) groups is 3. The number of carbonyl (C=O) groups excluding carboxylic acids is 3. The van der Waals surface area contributed by atoms with E-state index in [4.69, 9.17) is 9.26 Å². The van der Waals surface area contributed by atoms with Gasteiger partial charge in [0.15, 0.2) is 0 Å². The van der Waals surface area contributed by atoms with Gasteiger partial charge in [-0.1, -0.05) is 48.5 Å². The highest BCUT2D eigenvalue weighted by Crippen LogP contribution is 2.27. The van der Waals surface area contributed by atoms with E-state index >= 15 is 0 Å². The predicted octanol–water partition coefficient (Wildman–Crippen LogP) is 3.12. The Kier molecular flexibility index (Phi) is 10.0. The van der Waals surface area contributed by atoms with E-state index in [9.17, 15) is 18.9 Å². The van der Waals surface area contributed by atoms with Crippen LogP contribution in [0.15, 0.2) is 60.7 Å². The lowest BCUT2D eigenvalue weighted by Gasteiger charge is -2.23. The first-order valence-corrected chi connectivity index (χ1v) is 13.0. The summed E-state index contributed by atoms with van der Waals surface area (Å²) in [6.45, 7) is 2.45. The molecular weight excluding hydrogens is 455 g/mol. The number of rotatable bonds is 11. The second kappa shape index (κ2) is 13.2. The van der Waals surface area contributed by atoms with Gasteiger partial charge >= 0.3 is 11.9 Å². The van der Waals surface area contributed by atoms with Crippen LogP contribution in [0.2, 0.25) is 0 Å². The van der Waals surface area contributed by atoms with Crippen molar-refractivity contribution in [3.05, 3.63) is 71.8 Å². The Morgan fingerprint density at radius 1 is 1.09 bits per heavy atom. The Bertz CT molecular complexity index is 979. The molecule has 1 aliphatic heterocycles. The lowest BCUT2D eigenvalue weighted by atomic mass is 10.0. The molecule has 1 amide bonds. The molecule has 3 rings (SSSR count). The van der Waals surface area contributed by atoms with Crippen LogP contribution in [0.3, 0.4) is 0 Å². The molecule has 2 aromatic rings. The van der Waals surface area contributed by atoms with Crippen molar-refractivity contribution < 1.29 is 28.2 Å². The Morgan fingerprint density at radius 2 is 1.76 bits per heavy atom. The van der Waals surface area contributed by atoms with Crippen molar-refractivity contribution in [1.29, 1.82) is 0 Å². The fourth-order valence-electron chi connectivity index (χ4n) is 3.89. The van der Waals surface area contributed by atoms with Crippen molar-refractivity contribution in [3.63, 3.8) is 0 Å². The van der Waals surface area contributed by atoms with E-state index in [1.807, 2.05) is 36.4 Å². The third kappa shape index (κ3) is 8.52. The van der Waals surface area contributed by atoms with E-state index in [-0.39, 0.29) is 11.9 Å². The quantitative estimate of drug-likeness (QED) is 0.285. The van der Waals surface area contributed by atoms with Crippen LogP contribution in [0, 0.1) is 0 Å². The molecule has 34 heavy (non-hydrogen) atoms. The number of hydrogen-bond acceptors (Lipinski definition) is 7. The maximum absolute atomic E-state index is 12.7. The summed E-state index contributed by atoms with van der Waals surface area (Å²) in [4.78, 5) is 36.6. The monoisotopic (exact) mass is 486 g/mol. The first kappa shape index (κ1) is 25.8. The molecule has 2 aromatic carbocycles. The fraction of sp³-hybridized carbons (Fsp3) is 0.400. The summed E-state index contributed by atoms with van der Waals surface area (Å²) >= 11 is 0. The maximum Gasteiger partial charge on any atom is 0.330 e. The van der Waals surface area contributed by atoms with E-state index < -0.39 is 38.3 Å². The SMILES string of the molecule is CC(CC(Cc1ccccc1)NC(=O)c1ccccc1)O[PH](=O)CC(=O)OC(=O)[C@@H]1CCCN1. The van der Waals surface area contributed by atoms with Gasteiger partial charge in [-0.25, -0.2) is 4.79 Å². The minimum Gasteiger partial charge on any atom is -0.392 e. The molecule has 8 nitrogen and oxygen atoms in total. The molecule has 0 spiro atoms. The number of nitrogens with one attached hydrogen (secondary N) is 2. The van der Waals surface area contributed by atoms with Crippen LogP contribution in [-0.4, -0.2) is 48.7 Å². The van der Waals surface area contributed by atoms with Crippen LogP contribution >= 0.6 is 8.03 Å². The molecule has 1 saturated heterocycles. The summed E-state index contributed by atoms with van der Waals surface area (Å²) in [7, 11) is -2.76. The molecule has 1 heterocycles. The zero-order valence-electron chi connectivity index (χ0n) is 19.2. The fourth-order valence-corrected chi connectivity index (χ4v) is 4.82. The number of benzene rings is 2. The minimum absolute atomic E-state index is 0.205. The highest BCUT2D eigenvalue weighted by atomic mass is 31.1. The lowest BCUT2D eigenvalue weighted by molar-refractivity contribution is -0.159. The van der Waals surface area contributed by atoms with Crippen molar-refractivity contribution in [3.8, 4) is 0 Å². The standard InChI is InChI=1S/C25H31N2O6P/c1-18(33-34(31)17-23(28)32-25(30)22-13-8-14-26-22)15-21(16-19-9-4-2-5-10-19)27-24(29)20-11-6-3-7-12-20/h2-7,9-12,18,21-22,26,34H,8,13-17H2,1H3,(H,27,29)/t18?,21?,22-/m0/s1. The van der Waals surface area contributed by atoms with Gasteiger partial charge in [0.25, 0.3) is 5.91 Å². The van der Waals surface area contributed by atoms with Gasteiger partial charge in [-0.05, 0) is 56.8 Å². The summed E-state index contributed by atoms with van der Waals surface area (Å²) in [5.41, 5.74) is 1.59. The Labute approximate surface area is 200 Å². The first-order chi connectivity index (χ1) is 16.4. The van der Waals surface area contributed by atoms with E-state index in [1.54, 1.807) is 31.2 Å². The van der Waals surface area contributed by atoms with Gasteiger partial charge in [0.2, 0.25) is 8.03 Å². The van der Waals surface area contributed by atoms with Gasteiger partial charge in [0, 0.05) is 11.6 Å². The Balaban J connectivity index is 1.53. The predicted molar refractivity (Wildman–Crippen MR) is 129 cm³/mol. The van der Waals surface area contributed by atoms with Gasteiger partial charge in [0.1, 0.15) is 12.2 Å². The molecule has 0 saturated carbocycles. The van der Waals surface area contributed by atoms with Gasteiger partial charge in [-0.3, -0.25) is 14.2 Å². The van der Waals surface area contributed by atoms with E-state index in [0.29, 0.717) is 31.4 Å². The average molecular weight is 487 g/mol. The highest BCUT2D eigenvalue weighted by molar-refractivity contribution is 7.40. The van der Waals surface area contributed by atoms with Gasteiger partial charge < -0.3 is 19.9 Å². The minimum atomic E-state index is -2.76. The van der Waals surface area contributed by atoms with Crippen molar-refractivity contribution >= 4 is 25.9 Å². The second-order valence-corrected chi connectivity index (χ2v) is 9.71. The van der Waals surface area contributed by atoms with Crippen LogP contribution in [0.1, 0.15) is 42.1 Å². The van der Waals surface area contributed by atoms with Gasteiger partial charge in [-0.2, -0.15) is 0 Å². The van der Waals surface area contributed by atoms with Crippen LogP contribution in [0.4, 0.5) is 0 Å². The third-order valence-corrected chi connectivity index (χ3v) is 6.74. The number of esters is 2. The molecule has 1 aliphatic rings. The van der Waals surface area contributed by atoms with Crippen LogP contribution in [0.5, 0.6) is 0 Å². The number of ether oxygens (including phenoxy) is 1. The number of hydrogen-bond donors (Lipinski definition) is 2. The van der Waals surface area contributed by atoms with Gasteiger partial charge in [-0.15, -0.1) is 0 Å². The molecule has 0 aromatic heterocycles. The lowest BCUT2D eigenvalue weighted by Crippen LogP contribution is -2.38. The molecule has 0 bridgehead atoms. The number of amides is 1. The first-order valence-electron chi connectivity index (χ1n) is 11.5. The van der Waals surface area contributed by atoms with E-state index in [2.05, 4.69) is 10.6 Å². The zero-order chi connectivity index (χ0) is 24.3.